The molecule has 1 fully saturated rings. The number of nitrogens with one attached hydrogen (secondary N) is 2. The second kappa shape index (κ2) is 5.74. The number of sulfonamides is 1. The van der Waals surface area contributed by atoms with Crippen LogP contribution in [-0.4, -0.2) is 24.4 Å². The predicted octanol–water partition coefficient (Wildman–Crippen LogP) is 1.88. The maximum absolute atomic E-state index is 12.3. The van der Waals surface area contributed by atoms with Gasteiger partial charge in [0.15, 0.2) is 4.67 Å². The summed E-state index contributed by atoms with van der Waals surface area (Å²) in [5.74, 6) is 0.575. The fourth-order valence-electron chi connectivity index (χ4n) is 1.73. The summed E-state index contributed by atoms with van der Waals surface area (Å²) in [6.07, 6.45) is 5.22. The lowest BCUT2D eigenvalue weighted by atomic mass is 10.4. The van der Waals surface area contributed by atoms with Crippen molar-refractivity contribution in [3.05, 3.63) is 35.0 Å². The Kier molecular flexibility index (Phi) is 3.96. The van der Waals surface area contributed by atoms with Gasteiger partial charge in [-0.25, -0.2) is 23.1 Å². The van der Waals surface area contributed by atoms with Gasteiger partial charge in [-0.2, -0.15) is 0 Å². The third-order valence-corrected chi connectivity index (χ3v) is 5.11. The van der Waals surface area contributed by atoms with Gasteiger partial charge in [-0.3, -0.25) is 0 Å². The molecule has 1 saturated carbocycles. The molecule has 21 heavy (non-hydrogen) atoms. The van der Waals surface area contributed by atoms with E-state index in [4.69, 9.17) is 4.42 Å². The maximum Gasteiger partial charge on any atom is 0.268 e. The minimum atomic E-state index is -3.79. The normalized spacial score (nSPS) is 15.1. The molecule has 0 amide bonds. The van der Waals surface area contributed by atoms with E-state index < -0.39 is 10.0 Å². The van der Waals surface area contributed by atoms with Crippen LogP contribution in [0.15, 0.2) is 38.5 Å². The summed E-state index contributed by atoms with van der Waals surface area (Å²) in [4.78, 5) is 7.70. The summed E-state index contributed by atoms with van der Waals surface area (Å²) in [6.45, 7) is 0.501. The van der Waals surface area contributed by atoms with Gasteiger partial charge < -0.3 is 9.73 Å². The van der Waals surface area contributed by atoms with E-state index in [1.807, 2.05) is 0 Å². The van der Waals surface area contributed by atoms with E-state index >= 15 is 0 Å². The van der Waals surface area contributed by atoms with Crippen molar-refractivity contribution in [2.24, 2.45) is 0 Å². The Balaban J connectivity index is 1.77. The molecule has 2 aromatic rings. The van der Waals surface area contributed by atoms with Crippen molar-refractivity contribution >= 4 is 31.9 Å². The van der Waals surface area contributed by atoms with Gasteiger partial charge in [0.25, 0.3) is 10.0 Å². The van der Waals surface area contributed by atoms with Crippen molar-refractivity contribution in [2.45, 2.75) is 30.3 Å². The van der Waals surface area contributed by atoms with E-state index in [-0.39, 0.29) is 15.5 Å². The van der Waals surface area contributed by atoms with Gasteiger partial charge >= 0.3 is 0 Å². The first-order valence-corrected chi connectivity index (χ1v) is 8.63. The number of aromatic nitrogens is 2. The Morgan fingerprint density at radius 3 is 2.71 bits per heavy atom. The molecule has 9 heteroatoms. The summed E-state index contributed by atoms with van der Waals surface area (Å²) >= 11 is 3.13. The number of rotatable bonds is 6. The smallest absolute Gasteiger partial charge is 0.268 e. The Morgan fingerprint density at radius 2 is 2.05 bits per heavy atom. The molecular formula is C12H13BrN4O3S. The monoisotopic (exact) mass is 372 g/mol. The lowest BCUT2D eigenvalue weighted by Crippen LogP contribution is -2.15. The summed E-state index contributed by atoms with van der Waals surface area (Å²) in [5.41, 5.74) is 0. The van der Waals surface area contributed by atoms with Crippen molar-refractivity contribution in [2.75, 3.05) is 4.72 Å². The zero-order valence-electron chi connectivity index (χ0n) is 10.9. The summed E-state index contributed by atoms with van der Waals surface area (Å²) < 4.78 is 32.5. The Bertz CT molecular complexity index is 728. The van der Waals surface area contributed by atoms with Crippen molar-refractivity contribution in [1.82, 2.24) is 15.3 Å². The molecule has 0 aromatic carbocycles. The number of hydrogen-bond acceptors (Lipinski definition) is 6. The fourth-order valence-corrected chi connectivity index (χ4v) is 3.68. The van der Waals surface area contributed by atoms with Gasteiger partial charge in [-0.15, -0.1) is 0 Å². The number of hydrogen-bond donors (Lipinski definition) is 2. The number of nitrogens with zero attached hydrogens (tertiary/aromatic N) is 2. The molecule has 2 heterocycles. The van der Waals surface area contributed by atoms with Crippen molar-refractivity contribution < 1.29 is 12.8 Å². The maximum atomic E-state index is 12.3. The minimum absolute atomic E-state index is 0.0169. The largest absolute Gasteiger partial charge is 0.451 e. The van der Waals surface area contributed by atoms with Crippen LogP contribution < -0.4 is 10.0 Å². The van der Waals surface area contributed by atoms with E-state index in [9.17, 15) is 8.42 Å². The molecule has 0 spiro atoms. The van der Waals surface area contributed by atoms with Gasteiger partial charge in [-0.05, 0) is 34.8 Å². The molecule has 2 aromatic heterocycles. The molecule has 0 saturated heterocycles. The average Bonchev–Trinajstić information content (AvgIpc) is 3.19. The average molecular weight is 373 g/mol. The lowest BCUT2D eigenvalue weighted by molar-refractivity contribution is 0.460. The first-order chi connectivity index (χ1) is 10.0. The van der Waals surface area contributed by atoms with Crippen LogP contribution in [0.1, 0.15) is 18.6 Å². The van der Waals surface area contributed by atoms with Gasteiger partial charge in [-0.1, -0.05) is 0 Å². The van der Waals surface area contributed by atoms with Gasteiger partial charge in [0.2, 0.25) is 5.95 Å². The third-order valence-electron chi connectivity index (χ3n) is 2.93. The zero-order chi connectivity index (χ0) is 14.9. The predicted molar refractivity (Wildman–Crippen MR) is 79.1 cm³/mol. The van der Waals surface area contributed by atoms with Crippen molar-refractivity contribution in [1.29, 1.82) is 0 Å². The van der Waals surface area contributed by atoms with Gasteiger partial charge in [0, 0.05) is 24.5 Å². The van der Waals surface area contributed by atoms with E-state index in [0.29, 0.717) is 18.3 Å². The van der Waals surface area contributed by atoms with Crippen molar-refractivity contribution in [3.63, 3.8) is 0 Å². The summed E-state index contributed by atoms with van der Waals surface area (Å²) in [6, 6.07) is 3.61. The molecule has 0 unspecified atom stereocenters. The highest BCUT2D eigenvalue weighted by molar-refractivity contribution is 9.10. The lowest BCUT2D eigenvalue weighted by Gasteiger charge is -2.03. The summed E-state index contributed by atoms with van der Waals surface area (Å²) in [5, 5.41) is 3.26. The number of furan rings is 1. The topological polar surface area (TPSA) is 97.1 Å². The highest BCUT2D eigenvalue weighted by Gasteiger charge is 2.25. The molecule has 0 atom stereocenters. The molecule has 1 aliphatic carbocycles. The minimum Gasteiger partial charge on any atom is -0.451 e. The van der Waals surface area contributed by atoms with Crippen LogP contribution in [0.25, 0.3) is 0 Å². The first kappa shape index (κ1) is 14.5. The molecule has 0 aliphatic heterocycles. The van der Waals surface area contributed by atoms with Gasteiger partial charge in [0.05, 0.1) is 6.54 Å². The SMILES string of the molecule is O=S(=O)(Nc1ncccn1)c1cc(CNC2CC2)oc1Br. The Labute approximate surface area is 130 Å². The molecule has 2 N–H and O–H groups in total. The molecule has 3 rings (SSSR count). The molecule has 0 radical (unpaired) electrons. The fraction of sp³-hybridized carbons (Fsp3) is 0.333. The van der Waals surface area contributed by atoms with Gasteiger partial charge in [0.1, 0.15) is 10.7 Å². The molecule has 1 aliphatic rings. The molecule has 0 bridgehead atoms. The second-order valence-corrected chi connectivity index (χ2v) is 7.05. The van der Waals surface area contributed by atoms with E-state index in [1.165, 1.54) is 18.5 Å². The molecular weight excluding hydrogens is 360 g/mol. The molecule has 7 nitrogen and oxygen atoms in total. The van der Waals surface area contributed by atoms with E-state index in [2.05, 4.69) is 35.9 Å². The second-order valence-electron chi connectivity index (χ2n) is 4.68. The quantitative estimate of drug-likeness (QED) is 0.803. The van der Waals surface area contributed by atoms with Crippen LogP contribution in [0.2, 0.25) is 0 Å². The standard InChI is InChI=1S/C12H13BrN4O3S/c13-11-10(6-9(20-11)7-16-8-2-3-8)21(18,19)17-12-14-4-1-5-15-12/h1,4-6,8,16H,2-3,7H2,(H,14,15,17). The van der Waals surface area contributed by atoms with E-state index in [0.717, 1.165) is 12.8 Å². The summed E-state index contributed by atoms with van der Waals surface area (Å²) in [7, 11) is -3.79. The van der Waals surface area contributed by atoms with Crippen LogP contribution >= 0.6 is 15.9 Å². The van der Waals surface area contributed by atoms with Crippen LogP contribution in [0.5, 0.6) is 0 Å². The van der Waals surface area contributed by atoms with Crippen LogP contribution in [0, 0.1) is 0 Å². The van der Waals surface area contributed by atoms with Crippen molar-refractivity contribution in [3.8, 4) is 0 Å². The third kappa shape index (κ3) is 3.60. The van der Waals surface area contributed by atoms with E-state index in [1.54, 1.807) is 6.07 Å². The van der Waals surface area contributed by atoms with Crippen LogP contribution in [-0.2, 0) is 16.6 Å². The molecule has 112 valence electrons. The first-order valence-electron chi connectivity index (χ1n) is 6.36. The highest BCUT2D eigenvalue weighted by atomic mass is 79.9. The van der Waals surface area contributed by atoms with Crippen LogP contribution in [0.3, 0.4) is 0 Å². The number of halogens is 1. The zero-order valence-corrected chi connectivity index (χ0v) is 13.3. The van der Waals surface area contributed by atoms with Crippen LogP contribution in [0.4, 0.5) is 5.95 Å². The highest BCUT2D eigenvalue weighted by Crippen LogP contribution is 2.28. The Hall–Kier alpha value is -1.45. The number of anilines is 1. The Morgan fingerprint density at radius 1 is 1.33 bits per heavy atom.